The molecule has 2 rings (SSSR count). The summed E-state index contributed by atoms with van der Waals surface area (Å²) >= 11 is 0. The van der Waals surface area contributed by atoms with Crippen molar-refractivity contribution in [3.63, 3.8) is 0 Å². The summed E-state index contributed by atoms with van der Waals surface area (Å²) in [7, 11) is 0. The minimum Gasteiger partial charge on any atom is -0.327 e. The molecule has 0 bridgehead atoms. The molecule has 1 heterocycles. The van der Waals surface area contributed by atoms with Crippen LogP contribution in [0.15, 0.2) is 6.33 Å². The van der Waals surface area contributed by atoms with Crippen molar-refractivity contribution in [2.24, 2.45) is 23.0 Å². The summed E-state index contributed by atoms with van der Waals surface area (Å²) < 4.78 is 2.04. The van der Waals surface area contributed by atoms with Crippen molar-refractivity contribution in [3.8, 4) is 0 Å². The molecule has 4 nitrogen and oxygen atoms in total. The van der Waals surface area contributed by atoms with Crippen molar-refractivity contribution in [2.75, 3.05) is 0 Å². The van der Waals surface area contributed by atoms with Gasteiger partial charge in [-0.1, -0.05) is 40.5 Å². The van der Waals surface area contributed by atoms with Gasteiger partial charge >= 0.3 is 0 Å². The van der Waals surface area contributed by atoms with Crippen LogP contribution in [-0.4, -0.2) is 20.8 Å². The Kier molecular flexibility index (Phi) is 5.42. The molecule has 4 heteroatoms. The number of rotatable bonds is 7. The molecule has 21 heavy (non-hydrogen) atoms. The molecule has 0 spiro atoms. The Morgan fingerprint density at radius 1 is 1.19 bits per heavy atom. The molecule has 0 radical (unpaired) electrons. The van der Waals surface area contributed by atoms with Crippen LogP contribution in [0.2, 0.25) is 0 Å². The van der Waals surface area contributed by atoms with Crippen molar-refractivity contribution < 1.29 is 0 Å². The molecular weight excluding hydrogens is 260 g/mol. The second kappa shape index (κ2) is 6.91. The van der Waals surface area contributed by atoms with Crippen LogP contribution in [0, 0.1) is 17.3 Å². The normalized spacial score (nSPS) is 19.6. The van der Waals surface area contributed by atoms with Gasteiger partial charge in [0.2, 0.25) is 0 Å². The van der Waals surface area contributed by atoms with Crippen LogP contribution in [0.25, 0.3) is 0 Å². The topological polar surface area (TPSA) is 56.7 Å². The lowest BCUT2D eigenvalue weighted by Gasteiger charge is -2.37. The zero-order valence-electron chi connectivity index (χ0n) is 14.2. The standard InChI is InChI=1S/C17H32N4/c1-13(2)10-17(7-5-6-8-17)15(18)9-16-19-12-20-21(16)11-14(3)4/h12-15H,5-11,18H2,1-4H3. The smallest absolute Gasteiger partial charge is 0.138 e. The molecule has 1 fully saturated rings. The molecule has 1 atom stereocenters. The summed E-state index contributed by atoms with van der Waals surface area (Å²) in [5.74, 6) is 2.35. The molecule has 2 N–H and O–H groups in total. The lowest BCUT2D eigenvalue weighted by atomic mass is 9.72. The first kappa shape index (κ1) is 16.5. The molecule has 0 saturated heterocycles. The van der Waals surface area contributed by atoms with Crippen LogP contribution in [0.4, 0.5) is 0 Å². The third-order valence-electron chi connectivity index (χ3n) is 4.84. The van der Waals surface area contributed by atoms with Gasteiger partial charge in [-0.2, -0.15) is 5.10 Å². The summed E-state index contributed by atoms with van der Waals surface area (Å²) in [6, 6.07) is 0.206. The van der Waals surface area contributed by atoms with E-state index in [2.05, 4.69) is 37.8 Å². The highest BCUT2D eigenvalue weighted by Gasteiger charge is 2.40. The lowest BCUT2D eigenvalue weighted by Crippen LogP contribution is -2.43. The monoisotopic (exact) mass is 292 g/mol. The van der Waals surface area contributed by atoms with E-state index in [0.717, 1.165) is 18.8 Å². The van der Waals surface area contributed by atoms with Gasteiger partial charge in [-0.3, -0.25) is 0 Å². The lowest BCUT2D eigenvalue weighted by molar-refractivity contribution is 0.178. The van der Waals surface area contributed by atoms with Crippen molar-refractivity contribution in [1.82, 2.24) is 14.8 Å². The van der Waals surface area contributed by atoms with Crippen LogP contribution in [-0.2, 0) is 13.0 Å². The van der Waals surface area contributed by atoms with Crippen molar-refractivity contribution in [3.05, 3.63) is 12.2 Å². The Hall–Kier alpha value is -0.900. The summed E-state index contributed by atoms with van der Waals surface area (Å²) in [6.07, 6.45) is 9.01. The maximum Gasteiger partial charge on any atom is 0.138 e. The van der Waals surface area contributed by atoms with Gasteiger partial charge in [0.05, 0.1) is 0 Å². The minimum absolute atomic E-state index is 0.206. The fraction of sp³-hybridized carbons (Fsp3) is 0.882. The average molecular weight is 292 g/mol. The van der Waals surface area contributed by atoms with Gasteiger partial charge in [0.15, 0.2) is 0 Å². The molecule has 0 aromatic carbocycles. The van der Waals surface area contributed by atoms with E-state index in [1.165, 1.54) is 32.1 Å². The Morgan fingerprint density at radius 2 is 1.86 bits per heavy atom. The first-order valence-electron chi connectivity index (χ1n) is 8.55. The SMILES string of the molecule is CC(C)Cn1ncnc1CC(N)C1(CC(C)C)CCCC1. The Bertz CT molecular complexity index is 430. The number of hydrogen-bond donors (Lipinski definition) is 1. The summed E-state index contributed by atoms with van der Waals surface area (Å²) in [5, 5.41) is 4.37. The van der Waals surface area contributed by atoms with E-state index in [1.807, 2.05) is 4.68 Å². The van der Waals surface area contributed by atoms with Gasteiger partial charge in [0.1, 0.15) is 12.2 Å². The number of aromatic nitrogens is 3. The van der Waals surface area contributed by atoms with E-state index in [1.54, 1.807) is 6.33 Å². The number of nitrogens with zero attached hydrogens (tertiary/aromatic N) is 3. The summed E-state index contributed by atoms with van der Waals surface area (Å²) in [4.78, 5) is 4.46. The van der Waals surface area contributed by atoms with Crippen LogP contribution >= 0.6 is 0 Å². The van der Waals surface area contributed by atoms with E-state index in [4.69, 9.17) is 5.73 Å². The molecule has 0 amide bonds. The first-order chi connectivity index (χ1) is 9.93. The number of nitrogens with two attached hydrogens (primary N) is 1. The largest absolute Gasteiger partial charge is 0.327 e. The maximum atomic E-state index is 6.67. The minimum atomic E-state index is 0.206. The third-order valence-corrected chi connectivity index (χ3v) is 4.84. The second-order valence-corrected chi connectivity index (χ2v) is 7.73. The predicted molar refractivity (Wildman–Crippen MR) is 86.9 cm³/mol. The molecular formula is C17H32N4. The van der Waals surface area contributed by atoms with E-state index in [9.17, 15) is 0 Å². The highest BCUT2D eigenvalue weighted by atomic mass is 15.3. The fourth-order valence-corrected chi connectivity index (χ4v) is 3.98. The maximum absolute atomic E-state index is 6.67. The fourth-order valence-electron chi connectivity index (χ4n) is 3.98. The van der Waals surface area contributed by atoms with Crippen molar-refractivity contribution >= 4 is 0 Å². The van der Waals surface area contributed by atoms with Crippen molar-refractivity contribution in [2.45, 2.75) is 78.8 Å². The van der Waals surface area contributed by atoms with E-state index >= 15 is 0 Å². The Labute approximate surface area is 129 Å². The van der Waals surface area contributed by atoms with Crippen molar-refractivity contribution in [1.29, 1.82) is 0 Å². The van der Waals surface area contributed by atoms with Crippen LogP contribution in [0.1, 0.15) is 65.6 Å². The second-order valence-electron chi connectivity index (χ2n) is 7.73. The Balaban J connectivity index is 2.08. The van der Waals surface area contributed by atoms with Gasteiger partial charge in [0.25, 0.3) is 0 Å². The van der Waals surface area contributed by atoms with E-state index in [0.29, 0.717) is 17.3 Å². The molecule has 1 aliphatic carbocycles. The number of hydrogen-bond acceptors (Lipinski definition) is 3. The summed E-state index contributed by atoms with van der Waals surface area (Å²) in [6.45, 7) is 9.98. The van der Waals surface area contributed by atoms with Gasteiger partial charge in [-0.05, 0) is 36.5 Å². The molecule has 1 aliphatic rings. The summed E-state index contributed by atoms with van der Waals surface area (Å²) in [5.41, 5.74) is 6.99. The molecule has 120 valence electrons. The van der Waals surface area contributed by atoms with E-state index in [-0.39, 0.29) is 6.04 Å². The molecule has 1 saturated carbocycles. The molecule has 1 aromatic rings. The van der Waals surface area contributed by atoms with Gasteiger partial charge in [0, 0.05) is 19.0 Å². The quantitative estimate of drug-likeness (QED) is 0.838. The zero-order valence-corrected chi connectivity index (χ0v) is 14.2. The highest BCUT2D eigenvalue weighted by molar-refractivity contribution is 4.99. The Morgan fingerprint density at radius 3 is 2.43 bits per heavy atom. The molecule has 1 aromatic heterocycles. The molecule has 1 unspecified atom stereocenters. The van der Waals surface area contributed by atoms with Crippen LogP contribution in [0.5, 0.6) is 0 Å². The van der Waals surface area contributed by atoms with Gasteiger partial charge < -0.3 is 5.73 Å². The van der Waals surface area contributed by atoms with Crippen LogP contribution in [0.3, 0.4) is 0 Å². The van der Waals surface area contributed by atoms with E-state index < -0.39 is 0 Å². The average Bonchev–Trinajstić information content (AvgIpc) is 2.99. The molecule has 0 aliphatic heterocycles. The first-order valence-corrected chi connectivity index (χ1v) is 8.55. The zero-order chi connectivity index (χ0) is 15.5. The van der Waals surface area contributed by atoms with Crippen LogP contribution < -0.4 is 5.73 Å². The highest BCUT2D eigenvalue weighted by Crippen LogP contribution is 2.45. The van der Waals surface area contributed by atoms with Gasteiger partial charge in [-0.25, -0.2) is 9.67 Å². The third kappa shape index (κ3) is 4.06. The predicted octanol–water partition coefficient (Wildman–Crippen LogP) is 3.41. The van der Waals surface area contributed by atoms with Gasteiger partial charge in [-0.15, -0.1) is 0 Å².